The normalized spacial score (nSPS) is 20.9. The molecule has 1 saturated heterocycles. The molecule has 2 aromatic carbocycles. The second kappa shape index (κ2) is 8.18. The molecule has 29 heavy (non-hydrogen) atoms. The van der Waals surface area contributed by atoms with Crippen LogP contribution in [0.1, 0.15) is 49.3 Å². The quantitative estimate of drug-likeness (QED) is 0.783. The fourth-order valence-corrected chi connectivity index (χ4v) is 6.94. The van der Waals surface area contributed by atoms with Gasteiger partial charge in [0.15, 0.2) is 0 Å². The van der Waals surface area contributed by atoms with Crippen LogP contribution in [0.5, 0.6) is 0 Å². The molecule has 2 aliphatic rings. The van der Waals surface area contributed by atoms with Crippen LogP contribution in [0.3, 0.4) is 0 Å². The minimum atomic E-state index is -3.75. The Hall–Kier alpha value is -1.74. The molecule has 0 spiro atoms. The van der Waals surface area contributed by atoms with E-state index < -0.39 is 20.0 Å². The average molecular weight is 435 g/mol. The molecule has 8 heteroatoms. The van der Waals surface area contributed by atoms with E-state index in [0.29, 0.717) is 13.1 Å². The number of piperidine rings is 1. The summed E-state index contributed by atoms with van der Waals surface area (Å²) in [4.78, 5) is 0.222. The van der Waals surface area contributed by atoms with Gasteiger partial charge in [-0.3, -0.25) is 0 Å². The smallest absolute Gasteiger partial charge is 0.207 e. The lowest BCUT2D eigenvalue weighted by Crippen LogP contribution is -2.35. The van der Waals surface area contributed by atoms with Gasteiger partial charge in [0.05, 0.1) is 9.79 Å². The third kappa shape index (κ3) is 4.26. The van der Waals surface area contributed by atoms with E-state index in [0.717, 1.165) is 44.1 Å². The summed E-state index contributed by atoms with van der Waals surface area (Å²) in [6.07, 6.45) is 5.39. The summed E-state index contributed by atoms with van der Waals surface area (Å²) in [7, 11) is -7.32. The molecule has 2 aromatic rings. The zero-order valence-corrected chi connectivity index (χ0v) is 17.9. The maximum atomic E-state index is 12.9. The van der Waals surface area contributed by atoms with E-state index in [1.54, 1.807) is 0 Å². The molecule has 156 valence electrons. The Morgan fingerprint density at radius 1 is 0.793 bits per heavy atom. The Labute approximate surface area is 173 Å². The Bertz CT molecular complexity index is 1070. The van der Waals surface area contributed by atoms with Crippen LogP contribution < -0.4 is 4.72 Å². The highest BCUT2D eigenvalue weighted by molar-refractivity contribution is 7.89. The highest BCUT2D eigenvalue weighted by atomic mass is 32.2. The van der Waals surface area contributed by atoms with Gasteiger partial charge in [0.1, 0.15) is 0 Å². The Morgan fingerprint density at radius 3 is 2.17 bits per heavy atom. The number of rotatable bonds is 5. The number of aryl methyl sites for hydroxylation is 1. The van der Waals surface area contributed by atoms with Crippen molar-refractivity contribution in [1.29, 1.82) is 0 Å². The summed E-state index contributed by atoms with van der Waals surface area (Å²) in [5.74, 6) is 0. The lowest BCUT2D eigenvalue weighted by molar-refractivity contribution is 0.346. The van der Waals surface area contributed by atoms with Gasteiger partial charge in [-0.25, -0.2) is 21.6 Å². The van der Waals surface area contributed by atoms with Crippen molar-refractivity contribution in [3.63, 3.8) is 0 Å². The molecular formula is C21H26N2O4S2. The molecule has 0 unspecified atom stereocenters. The molecule has 0 aromatic heterocycles. The number of fused-ring (bicyclic) bond motifs is 1. The maximum Gasteiger partial charge on any atom is 0.243 e. The molecule has 1 fully saturated rings. The predicted molar refractivity (Wildman–Crippen MR) is 111 cm³/mol. The molecule has 1 aliphatic heterocycles. The van der Waals surface area contributed by atoms with Crippen LogP contribution in [0.2, 0.25) is 0 Å². The molecule has 6 nitrogen and oxygen atoms in total. The van der Waals surface area contributed by atoms with Crippen molar-refractivity contribution in [3.8, 4) is 0 Å². The van der Waals surface area contributed by atoms with E-state index in [2.05, 4.69) is 4.72 Å². The number of nitrogens with zero attached hydrogens (tertiary/aromatic N) is 1. The minimum Gasteiger partial charge on any atom is -0.207 e. The second-order valence-corrected chi connectivity index (χ2v) is 11.4. The maximum absolute atomic E-state index is 12.9. The Kier molecular flexibility index (Phi) is 5.79. The standard InChI is InChI=1S/C21H26N2O4S2/c24-28(25,22-21-10-6-8-17-7-2-3-9-20(17)21)18-11-13-19(14-12-18)29(26,27)23-15-4-1-5-16-23/h2-3,7,9,11-14,21-22H,1,4-6,8,10,15-16H2/t21-/m0/s1. The molecule has 0 bridgehead atoms. The van der Waals surface area contributed by atoms with Crippen LogP contribution in [0.4, 0.5) is 0 Å². The van der Waals surface area contributed by atoms with Gasteiger partial charge in [0.2, 0.25) is 20.0 Å². The Balaban J connectivity index is 1.54. The SMILES string of the molecule is O=S(=O)(N[C@H]1CCCc2ccccc21)c1ccc(S(=O)(=O)N2CCCCC2)cc1. The van der Waals surface area contributed by atoms with Gasteiger partial charge in [-0.2, -0.15) is 4.31 Å². The predicted octanol–water partition coefficient (Wildman–Crippen LogP) is 3.22. The first-order valence-electron chi connectivity index (χ1n) is 10.1. The van der Waals surface area contributed by atoms with E-state index in [1.807, 2.05) is 24.3 Å². The number of benzene rings is 2. The molecule has 1 N–H and O–H groups in total. The van der Waals surface area contributed by atoms with E-state index >= 15 is 0 Å². The van der Waals surface area contributed by atoms with Crippen molar-refractivity contribution in [2.75, 3.05) is 13.1 Å². The van der Waals surface area contributed by atoms with Crippen molar-refractivity contribution < 1.29 is 16.8 Å². The molecule has 4 rings (SSSR count). The highest BCUT2D eigenvalue weighted by Gasteiger charge is 2.28. The van der Waals surface area contributed by atoms with Gasteiger partial charge < -0.3 is 0 Å². The van der Waals surface area contributed by atoms with Gasteiger partial charge in [0, 0.05) is 19.1 Å². The first-order valence-corrected chi connectivity index (χ1v) is 13.0. The minimum absolute atomic E-state index is 0.0816. The monoisotopic (exact) mass is 434 g/mol. The van der Waals surface area contributed by atoms with Gasteiger partial charge in [-0.05, 0) is 67.5 Å². The summed E-state index contributed by atoms with van der Waals surface area (Å²) < 4.78 is 55.6. The molecule has 0 saturated carbocycles. The van der Waals surface area contributed by atoms with E-state index in [1.165, 1.54) is 34.1 Å². The van der Waals surface area contributed by atoms with Crippen LogP contribution in [0.15, 0.2) is 58.3 Å². The van der Waals surface area contributed by atoms with Gasteiger partial charge >= 0.3 is 0 Å². The van der Waals surface area contributed by atoms with Crippen molar-refractivity contribution >= 4 is 20.0 Å². The van der Waals surface area contributed by atoms with Crippen LogP contribution >= 0.6 is 0 Å². The van der Waals surface area contributed by atoms with Gasteiger partial charge in [-0.15, -0.1) is 0 Å². The van der Waals surface area contributed by atoms with Crippen molar-refractivity contribution in [3.05, 3.63) is 59.7 Å². The average Bonchev–Trinajstić information content (AvgIpc) is 2.74. The fraction of sp³-hybridized carbons (Fsp3) is 0.429. The highest BCUT2D eigenvalue weighted by Crippen LogP contribution is 2.31. The summed E-state index contributed by atoms with van der Waals surface area (Å²) in [6.45, 7) is 1.04. The number of hydrogen-bond donors (Lipinski definition) is 1. The summed E-state index contributed by atoms with van der Waals surface area (Å²) >= 11 is 0. The van der Waals surface area contributed by atoms with E-state index in [-0.39, 0.29) is 15.8 Å². The first kappa shape index (κ1) is 20.5. The summed E-state index contributed by atoms with van der Waals surface area (Å²) in [5, 5.41) is 0. The zero-order valence-electron chi connectivity index (χ0n) is 16.2. The zero-order chi connectivity index (χ0) is 20.5. The molecule has 1 aliphatic carbocycles. The lowest BCUT2D eigenvalue weighted by Gasteiger charge is -2.26. The largest absolute Gasteiger partial charge is 0.243 e. The van der Waals surface area contributed by atoms with Crippen LogP contribution in [-0.2, 0) is 26.5 Å². The van der Waals surface area contributed by atoms with Crippen LogP contribution in [0.25, 0.3) is 0 Å². The topological polar surface area (TPSA) is 83.5 Å². The van der Waals surface area contributed by atoms with Gasteiger partial charge in [0.25, 0.3) is 0 Å². The Morgan fingerprint density at radius 2 is 1.45 bits per heavy atom. The third-order valence-electron chi connectivity index (χ3n) is 5.75. The van der Waals surface area contributed by atoms with Crippen molar-refractivity contribution in [2.24, 2.45) is 0 Å². The third-order valence-corrected chi connectivity index (χ3v) is 9.15. The van der Waals surface area contributed by atoms with E-state index in [9.17, 15) is 16.8 Å². The lowest BCUT2D eigenvalue weighted by atomic mass is 9.88. The second-order valence-electron chi connectivity index (χ2n) is 7.70. The van der Waals surface area contributed by atoms with Crippen molar-refractivity contribution in [1.82, 2.24) is 9.03 Å². The summed E-state index contributed by atoms with van der Waals surface area (Å²) in [5.41, 5.74) is 2.20. The first-order chi connectivity index (χ1) is 13.9. The number of nitrogens with one attached hydrogen (secondary N) is 1. The summed E-state index contributed by atoms with van der Waals surface area (Å²) in [6, 6.07) is 13.2. The fourth-order valence-electron chi connectivity index (χ4n) is 4.18. The van der Waals surface area contributed by atoms with Crippen LogP contribution in [0, 0.1) is 0 Å². The van der Waals surface area contributed by atoms with Crippen molar-refractivity contribution in [2.45, 2.75) is 54.4 Å². The van der Waals surface area contributed by atoms with Gasteiger partial charge in [-0.1, -0.05) is 30.7 Å². The molecule has 0 amide bonds. The molecule has 1 atom stereocenters. The molecule has 0 radical (unpaired) electrons. The number of hydrogen-bond acceptors (Lipinski definition) is 4. The van der Waals surface area contributed by atoms with E-state index in [4.69, 9.17) is 0 Å². The molecule has 1 heterocycles. The number of sulfonamides is 2. The molecular weight excluding hydrogens is 408 g/mol. The van der Waals surface area contributed by atoms with Crippen LogP contribution in [-0.4, -0.2) is 34.2 Å².